The molecule has 0 aliphatic heterocycles. The predicted molar refractivity (Wildman–Crippen MR) is 74.6 cm³/mol. The Kier molecular flexibility index (Phi) is 4.46. The van der Waals surface area contributed by atoms with Gasteiger partial charge in [-0.3, -0.25) is 4.79 Å². The molecule has 0 spiro atoms. The van der Waals surface area contributed by atoms with Crippen LogP contribution in [0.25, 0.3) is 0 Å². The van der Waals surface area contributed by atoms with Gasteiger partial charge in [0.1, 0.15) is 17.7 Å². The Morgan fingerprint density at radius 3 is 2.62 bits per heavy atom. The van der Waals surface area contributed by atoms with Gasteiger partial charge in [0.05, 0.1) is 17.8 Å². The van der Waals surface area contributed by atoms with Crippen LogP contribution in [0.4, 0.5) is 20.2 Å². The molecule has 0 aliphatic carbocycles. The molecule has 0 fully saturated rings. The van der Waals surface area contributed by atoms with Gasteiger partial charge < -0.3 is 10.6 Å². The molecular formula is C15H11F2N3O. The van der Waals surface area contributed by atoms with Crippen molar-refractivity contribution < 1.29 is 13.6 Å². The van der Waals surface area contributed by atoms with Gasteiger partial charge in [0.15, 0.2) is 0 Å². The van der Waals surface area contributed by atoms with E-state index in [4.69, 9.17) is 5.26 Å². The molecule has 6 heteroatoms. The summed E-state index contributed by atoms with van der Waals surface area (Å²) in [6.45, 7) is -0.134. The SMILES string of the molecule is N#Cc1cc(NCC(=O)Nc2ccccc2F)ccc1F. The fraction of sp³-hybridized carbons (Fsp3) is 0.0667. The maximum Gasteiger partial charge on any atom is 0.243 e. The van der Waals surface area contributed by atoms with Crippen LogP contribution in [0.2, 0.25) is 0 Å². The van der Waals surface area contributed by atoms with Crippen LogP contribution >= 0.6 is 0 Å². The first-order valence-electron chi connectivity index (χ1n) is 6.08. The Hall–Kier alpha value is -2.94. The average Bonchev–Trinajstić information content (AvgIpc) is 2.49. The smallest absolute Gasteiger partial charge is 0.243 e. The Balaban J connectivity index is 1.96. The van der Waals surface area contributed by atoms with E-state index < -0.39 is 17.5 Å². The fourth-order valence-corrected chi connectivity index (χ4v) is 1.66. The number of carbonyl (C=O) groups is 1. The number of hydrogen-bond acceptors (Lipinski definition) is 3. The van der Waals surface area contributed by atoms with Gasteiger partial charge in [0, 0.05) is 5.69 Å². The van der Waals surface area contributed by atoms with Crippen molar-refractivity contribution in [3.63, 3.8) is 0 Å². The number of carbonyl (C=O) groups excluding carboxylic acids is 1. The largest absolute Gasteiger partial charge is 0.376 e. The highest BCUT2D eigenvalue weighted by Gasteiger charge is 2.07. The molecule has 0 saturated heterocycles. The second kappa shape index (κ2) is 6.48. The van der Waals surface area contributed by atoms with Crippen molar-refractivity contribution in [2.45, 2.75) is 0 Å². The Labute approximate surface area is 120 Å². The zero-order valence-corrected chi connectivity index (χ0v) is 10.9. The molecule has 0 unspecified atom stereocenters. The van der Waals surface area contributed by atoms with E-state index in [1.165, 1.54) is 30.3 Å². The van der Waals surface area contributed by atoms with Crippen molar-refractivity contribution in [2.24, 2.45) is 0 Å². The van der Waals surface area contributed by atoms with Gasteiger partial charge in [0.25, 0.3) is 0 Å². The van der Waals surface area contributed by atoms with Crippen LogP contribution < -0.4 is 10.6 Å². The molecular weight excluding hydrogens is 276 g/mol. The molecule has 0 bridgehead atoms. The van der Waals surface area contributed by atoms with Crippen LogP contribution in [0.15, 0.2) is 42.5 Å². The third-order valence-corrected chi connectivity index (χ3v) is 2.69. The summed E-state index contributed by atoms with van der Waals surface area (Å²) in [6, 6.07) is 11.3. The summed E-state index contributed by atoms with van der Waals surface area (Å²) in [5, 5.41) is 13.8. The first kappa shape index (κ1) is 14.5. The minimum atomic E-state index is -0.626. The first-order chi connectivity index (χ1) is 10.1. The molecule has 1 amide bonds. The lowest BCUT2D eigenvalue weighted by molar-refractivity contribution is -0.114. The van der Waals surface area contributed by atoms with Crippen molar-refractivity contribution in [1.82, 2.24) is 0 Å². The van der Waals surface area contributed by atoms with Crippen molar-refractivity contribution in [3.05, 3.63) is 59.7 Å². The van der Waals surface area contributed by atoms with Crippen molar-refractivity contribution in [2.75, 3.05) is 17.2 Å². The van der Waals surface area contributed by atoms with Crippen molar-refractivity contribution in [3.8, 4) is 6.07 Å². The van der Waals surface area contributed by atoms with E-state index in [1.54, 1.807) is 12.1 Å². The molecule has 2 N–H and O–H groups in total. The number of para-hydroxylation sites is 1. The monoisotopic (exact) mass is 287 g/mol. The Morgan fingerprint density at radius 2 is 1.90 bits per heavy atom. The van der Waals surface area contributed by atoms with E-state index in [2.05, 4.69) is 10.6 Å². The van der Waals surface area contributed by atoms with E-state index in [0.717, 1.165) is 6.07 Å². The van der Waals surface area contributed by atoms with Crippen LogP contribution in [0.1, 0.15) is 5.56 Å². The maximum atomic E-state index is 13.3. The molecule has 0 saturated carbocycles. The number of benzene rings is 2. The molecule has 2 rings (SSSR count). The van der Waals surface area contributed by atoms with Gasteiger partial charge in [0.2, 0.25) is 5.91 Å². The van der Waals surface area contributed by atoms with Crippen LogP contribution in [0, 0.1) is 23.0 Å². The lowest BCUT2D eigenvalue weighted by atomic mass is 10.2. The molecule has 4 nitrogen and oxygen atoms in total. The van der Waals surface area contributed by atoms with Crippen molar-refractivity contribution >= 4 is 17.3 Å². The van der Waals surface area contributed by atoms with E-state index in [9.17, 15) is 13.6 Å². The maximum absolute atomic E-state index is 13.3. The van der Waals surface area contributed by atoms with E-state index in [1.807, 2.05) is 0 Å². The van der Waals surface area contributed by atoms with Crippen LogP contribution in [-0.4, -0.2) is 12.5 Å². The minimum absolute atomic E-state index is 0.0844. The molecule has 0 aromatic heterocycles. The molecule has 2 aromatic carbocycles. The van der Waals surface area contributed by atoms with Crippen LogP contribution in [0.3, 0.4) is 0 Å². The molecule has 2 aromatic rings. The Bertz CT molecular complexity index is 710. The van der Waals surface area contributed by atoms with Gasteiger partial charge in [-0.25, -0.2) is 8.78 Å². The second-order valence-electron chi connectivity index (χ2n) is 4.19. The Morgan fingerprint density at radius 1 is 1.14 bits per heavy atom. The number of halogens is 2. The van der Waals surface area contributed by atoms with E-state index in [0.29, 0.717) is 5.69 Å². The third-order valence-electron chi connectivity index (χ3n) is 2.69. The van der Waals surface area contributed by atoms with E-state index >= 15 is 0 Å². The molecule has 0 aliphatic rings. The quantitative estimate of drug-likeness (QED) is 0.908. The van der Waals surface area contributed by atoms with Gasteiger partial charge in [-0.2, -0.15) is 5.26 Å². The fourth-order valence-electron chi connectivity index (χ4n) is 1.66. The highest BCUT2D eigenvalue weighted by atomic mass is 19.1. The number of anilines is 2. The topological polar surface area (TPSA) is 64.9 Å². The number of nitriles is 1. The molecule has 0 radical (unpaired) electrons. The molecule has 21 heavy (non-hydrogen) atoms. The lowest BCUT2D eigenvalue weighted by Gasteiger charge is -2.08. The summed E-state index contributed by atoms with van der Waals surface area (Å²) in [6.07, 6.45) is 0. The second-order valence-corrected chi connectivity index (χ2v) is 4.19. The molecule has 106 valence electrons. The predicted octanol–water partition coefficient (Wildman–Crippen LogP) is 2.89. The average molecular weight is 287 g/mol. The van der Waals surface area contributed by atoms with Crippen molar-refractivity contribution in [1.29, 1.82) is 5.26 Å². The summed E-state index contributed by atoms with van der Waals surface area (Å²) >= 11 is 0. The molecule has 0 atom stereocenters. The number of rotatable bonds is 4. The number of nitrogens with one attached hydrogen (secondary N) is 2. The summed E-state index contributed by atoms with van der Waals surface area (Å²) in [7, 11) is 0. The third kappa shape index (κ3) is 3.76. The summed E-state index contributed by atoms with van der Waals surface area (Å²) < 4.78 is 26.5. The zero-order chi connectivity index (χ0) is 15.2. The standard InChI is InChI=1S/C15H11F2N3O/c16-12-6-5-11(7-10(12)8-18)19-9-15(21)20-14-4-2-1-3-13(14)17/h1-7,19H,9H2,(H,20,21). The highest BCUT2D eigenvalue weighted by Crippen LogP contribution is 2.14. The van der Waals surface area contributed by atoms with Gasteiger partial charge >= 0.3 is 0 Å². The van der Waals surface area contributed by atoms with E-state index in [-0.39, 0.29) is 17.8 Å². The van der Waals surface area contributed by atoms with Crippen LogP contribution in [-0.2, 0) is 4.79 Å². The lowest BCUT2D eigenvalue weighted by Crippen LogP contribution is -2.22. The summed E-state index contributed by atoms with van der Waals surface area (Å²) in [5.41, 5.74) is 0.396. The zero-order valence-electron chi connectivity index (χ0n) is 10.9. The number of hydrogen-bond donors (Lipinski definition) is 2. The number of nitrogens with zero attached hydrogens (tertiary/aromatic N) is 1. The summed E-state index contributed by atoms with van der Waals surface area (Å²) in [5.74, 6) is -1.61. The molecule has 0 heterocycles. The van der Waals surface area contributed by atoms with Crippen LogP contribution in [0.5, 0.6) is 0 Å². The van der Waals surface area contributed by atoms with Gasteiger partial charge in [-0.15, -0.1) is 0 Å². The van der Waals surface area contributed by atoms with Gasteiger partial charge in [-0.05, 0) is 30.3 Å². The minimum Gasteiger partial charge on any atom is -0.376 e. The van der Waals surface area contributed by atoms with Gasteiger partial charge in [-0.1, -0.05) is 12.1 Å². The number of amides is 1. The summed E-state index contributed by atoms with van der Waals surface area (Å²) in [4.78, 5) is 11.7. The first-order valence-corrected chi connectivity index (χ1v) is 6.08. The highest BCUT2D eigenvalue weighted by molar-refractivity contribution is 5.93. The normalized spacial score (nSPS) is 9.76.